The van der Waals surface area contributed by atoms with Crippen molar-refractivity contribution < 1.29 is 4.74 Å². The van der Waals surface area contributed by atoms with Crippen LogP contribution in [-0.4, -0.2) is 45.3 Å². The van der Waals surface area contributed by atoms with E-state index in [2.05, 4.69) is 11.9 Å². The highest BCUT2D eigenvalue weighted by molar-refractivity contribution is 4.51. The van der Waals surface area contributed by atoms with Crippen LogP contribution in [0, 0.1) is 0 Å². The molecule has 0 heterocycles. The number of rotatable bonds is 7. The van der Waals surface area contributed by atoms with Crippen molar-refractivity contribution in [1.29, 1.82) is 0 Å². The number of hydrogen-bond donors (Lipinski definition) is 1. The first kappa shape index (κ1) is 10.9. The fraction of sp³-hybridized carbons (Fsp3) is 1.00. The Morgan fingerprint density at radius 1 is 1.27 bits per heavy atom. The van der Waals surface area contributed by atoms with Gasteiger partial charge in [-0.05, 0) is 33.0 Å². The molecule has 68 valence electrons. The molecule has 0 atom stereocenters. The molecule has 0 aromatic heterocycles. The molecule has 11 heavy (non-hydrogen) atoms. The minimum atomic E-state index is 0.786. The summed E-state index contributed by atoms with van der Waals surface area (Å²) in [4.78, 5) is 2.28. The van der Waals surface area contributed by atoms with E-state index in [0.717, 1.165) is 39.1 Å². The van der Waals surface area contributed by atoms with E-state index in [1.807, 2.05) is 0 Å². The lowest BCUT2D eigenvalue weighted by atomic mass is 10.3. The molecule has 3 nitrogen and oxygen atoms in total. The van der Waals surface area contributed by atoms with Gasteiger partial charge in [-0.15, -0.1) is 0 Å². The molecule has 0 aromatic carbocycles. The Morgan fingerprint density at radius 2 is 1.91 bits per heavy atom. The topological polar surface area (TPSA) is 38.5 Å². The van der Waals surface area contributed by atoms with E-state index in [1.54, 1.807) is 7.11 Å². The van der Waals surface area contributed by atoms with Crippen LogP contribution in [0.25, 0.3) is 0 Å². The van der Waals surface area contributed by atoms with Crippen molar-refractivity contribution in [3.63, 3.8) is 0 Å². The van der Waals surface area contributed by atoms with Gasteiger partial charge in [0.2, 0.25) is 0 Å². The average Bonchev–Trinajstić information content (AvgIpc) is 2.01. The summed E-state index contributed by atoms with van der Waals surface area (Å²) in [6.45, 7) is 3.84. The van der Waals surface area contributed by atoms with Gasteiger partial charge in [0.15, 0.2) is 0 Å². The first-order chi connectivity index (χ1) is 5.31. The van der Waals surface area contributed by atoms with Crippen molar-refractivity contribution in [2.24, 2.45) is 5.73 Å². The van der Waals surface area contributed by atoms with Crippen LogP contribution in [0.2, 0.25) is 0 Å². The van der Waals surface area contributed by atoms with Gasteiger partial charge in [0, 0.05) is 20.3 Å². The van der Waals surface area contributed by atoms with Crippen molar-refractivity contribution in [1.82, 2.24) is 4.90 Å². The molecular formula is C8H20N2O. The molecule has 0 unspecified atom stereocenters. The summed E-state index contributed by atoms with van der Waals surface area (Å²) in [7, 11) is 3.85. The summed E-state index contributed by atoms with van der Waals surface area (Å²) in [5.74, 6) is 0. The van der Waals surface area contributed by atoms with E-state index < -0.39 is 0 Å². The lowest BCUT2D eigenvalue weighted by Crippen LogP contribution is -2.23. The van der Waals surface area contributed by atoms with Gasteiger partial charge in [0.05, 0.1) is 0 Å². The van der Waals surface area contributed by atoms with Crippen LogP contribution in [0.3, 0.4) is 0 Å². The lowest BCUT2D eigenvalue weighted by molar-refractivity contribution is 0.179. The van der Waals surface area contributed by atoms with E-state index in [1.165, 1.54) is 0 Å². The fourth-order valence-corrected chi connectivity index (χ4v) is 0.952. The van der Waals surface area contributed by atoms with Gasteiger partial charge in [-0.3, -0.25) is 0 Å². The normalized spacial score (nSPS) is 10.9. The summed E-state index contributed by atoms with van der Waals surface area (Å²) in [5.41, 5.74) is 5.38. The molecule has 0 spiro atoms. The standard InChI is InChI=1S/C8H20N2O/c1-10(6-3-5-9)7-4-8-11-2/h3-9H2,1-2H3. The largest absolute Gasteiger partial charge is 0.385 e. The summed E-state index contributed by atoms with van der Waals surface area (Å²) in [5, 5.41) is 0. The van der Waals surface area contributed by atoms with Crippen LogP contribution in [0.1, 0.15) is 12.8 Å². The van der Waals surface area contributed by atoms with Crippen LogP contribution in [0.15, 0.2) is 0 Å². The van der Waals surface area contributed by atoms with E-state index in [9.17, 15) is 0 Å². The maximum Gasteiger partial charge on any atom is 0.0474 e. The van der Waals surface area contributed by atoms with Crippen molar-refractivity contribution in [2.75, 3.05) is 40.4 Å². The molecule has 0 aliphatic rings. The molecule has 2 N–H and O–H groups in total. The van der Waals surface area contributed by atoms with Crippen molar-refractivity contribution in [3.8, 4) is 0 Å². The molecule has 0 radical (unpaired) electrons. The molecule has 0 saturated heterocycles. The van der Waals surface area contributed by atoms with Gasteiger partial charge in [-0.1, -0.05) is 0 Å². The summed E-state index contributed by atoms with van der Waals surface area (Å²) < 4.78 is 4.95. The SMILES string of the molecule is COCCCN(C)CCCN. The molecule has 0 saturated carbocycles. The van der Waals surface area contributed by atoms with E-state index in [0.29, 0.717) is 0 Å². The van der Waals surface area contributed by atoms with E-state index >= 15 is 0 Å². The lowest BCUT2D eigenvalue weighted by Gasteiger charge is -2.14. The number of methoxy groups -OCH3 is 1. The van der Waals surface area contributed by atoms with E-state index in [4.69, 9.17) is 10.5 Å². The van der Waals surface area contributed by atoms with Crippen LogP contribution in [0.4, 0.5) is 0 Å². The third kappa shape index (κ3) is 7.78. The first-order valence-corrected chi connectivity index (χ1v) is 4.18. The zero-order valence-corrected chi connectivity index (χ0v) is 7.68. The summed E-state index contributed by atoms with van der Waals surface area (Å²) in [6.07, 6.45) is 2.20. The monoisotopic (exact) mass is 160 g/mol. The van der Waals surface area contributed by atoms with Crippen molar-refractivity contribution in [2.45, 2.75) is 12.8 Å². The predicted octanol–water partition coefficient (Wildman–Crippen LogP) is 0.304. The second-order valence-corrected chi connectivity index (χ2v) is 2.79. The molecule has 0 aromatic rings. The van der Waals surface area contributed by atoms with Gasteiger partial charge < -0.3 is 15.4 Å². The second-order valence-electron chi connectivity index (χ2n) is 2.79. The third-order valence-electron chi connectivity index (χ3n) is 1.63. The van der Waals surface area contributed by atoms with Crippen molar-refractivity contribution in [3.05, 3.63) is 0 Å². The molecule has 0 bridgehead atoms. The zero-order valence-electron chi connectivity index (χ0n) is 7.68. The highest BCUT2D eigenvalue weighted by atomic mass is 16.5. The van der Waals surface area contributed by atoms with Gasteiger partial charge in [-0.25, -0.2) is 0 Å². The average molecular weight is 160 g/mol. The number of ether oxygens (including phenoxy) is 1. The van der Waals surface area contributed by atoms with Crippen LogP contribution in [0.5, 0.6) is 0 Å². The van der Waals surface area contributed by atoms with E-state index in [-0.39, 0.29) is 0 Å². The maximum atomic E-state index is 5.38. The van der Waals surface area contributed by atoms with Crippen molar-refractivity contribution >= 4 is 0 Å². The van der Waals surface area contributed by atoms with Gasteiger partial charge in [0.25, 0.3) is 0 Å². The molecule has 0 aliphatic heterocycles. The fourth-order valence-electron chi connectivity index (χ4n) is 0.952. The Hall–Kier alpha value is -0.120. The van der Waals surface area contributed by atoms with Gasteiger partial charge in [0.1, 0.15) is 0 Å². The van der Waals surface area contributed by atoms with Crippen LogP contribution in [-0.2, 0) is 4.74 Å². The second kappa shape index (κ2) is 7.98. The smallest absolute Gasteiger partial charge is 0.0474 e. The Kier molecular flexibility index (Phi) is 7.89. The number of nitrogens with two attached hydrogens (primary N) is 1. The highest BCUT2D eigenvalue weighted by Gasteiger charge is 1.95. The Morgan fingerprint density at radius 3 is 2.45 bits per heavy atom. The summed E-state index contributed by atoms with van der Waals surface area (Å²) >= 11 is 0. The third-order valence-corrected chi connectivity index (χ3v) is 1.63. The number of nitrogens with zero attached hydrogens (tertiary/aromatic N) is 1. The predicted molar refractivity (Wildman–Crippen MR) is 47.7 cm³/mol. The minimum Gasteiger partial charge on any atom is -0.385 e. The summed E-state index contributed by atoms with van der Waals surface area (Å²) in [6, 6.07) is 0. The molecule has 0 fully saturated rings. The zero-order chi connectivity index (χ0) is 8.53. The first-order valence-electron chi connectivity index (χ1n) is 4.18. The van der Waals surface area contributed by atoms with Gasteiger partial charge >= 0.3 is 0 Å². The minimum absolute atomic E-state index is 0.786. The quantitative estimate of drug-likeness (QED) is 0.544. The molecule has 0 aliphatic carbocycles. The van der Waals surface area contributed by atoms with Crippen LogP contribution >= 0.6 is 0 Å². The molecule has 3 heteroatoms. The van der Waals surface area contributed by atoms with Gasteiger partial charge in [-0.2, -0.15) is 0 Å². The van der Waals surface area contributed by atoms with Crippen LogP contribution < -0.4 is 5.73 Å². The Labute approximate surface area is 69.5 Å². The Bertz CT molecular complexity index is 78.5. The molecule has 0 amide bonds. The maximum absolute atomic E-state index is 5.38. The Balaban J connectivity index is 3.02. The molecular weight excluding hydrogens is 140 g/mol. The molecule has 0 rings (SSSR count). The highest BCUT2D eigenvalue weighted by Crippen LogP contribution is 1.89. The number of hydrogen-bond acceptors (Lipinski definition) is 3.